The first-order valence-electron chi connectivity index (χ1n) is 7.15. The van der Waals surface area contributed by atoms with Crippen molar-refractivity contribution in [3.8, 4) is 6.07 Å². The lowest BCUT2D eigenvalue weighted by molar-refractivity contribution is -0.117. The molecule has 0 fully saturated rings. The SMILES string of the molecule is N#CC(=Cc1cc2ccccc2nc1Cl)C(=O)NCc1ccco1. The van der Waals surface area contributed by atoms with E-state index in [0.717, 1.165) is 10.9 Å². The van der Waals surface area contributed by atoms with Crippen LogP contribution in [-0.4, -0.2) is 10.9 Å². The lowest BCUT2D eigenvalue weighted by Crippen LogP contribution is -2.23. The quantitative estimate of drug-likeness (QED) is 0.447. The molecule has 0 spiro atoms. The van der Waals surface area contributed by atoms with Gasteiger partial charge < -0.3 is 9.73 Å². The molecule has 1 amide bonds. The monoisotopic (exact) mass is 337 g/mol. The average molecular weight is 338 g/mol. The smallest absolute Gasteiger partial charge is 0.262 e. The van der Waals surface area contributed by atoms with Gasteiger partial charge in [0.15, 0.2) is 0 Å². The number of aromatic nitrogens is 1. The van der Waals surface area contributed by atoms with Crippen LogP contribution in [0.5, 0.6) is 0 Å². The van der Waals surface area contributed by atoms with E-state index in [0.29, 0.717) is 11.3 Å². The van der Waals surface area contributed by atoms with Crippen LogP contribution in [0.4, 0.5) is 0 Å². The van der Waals surface area contributed by atoms with Crippen molar-refractivity contribution in [1.29, 1.82) is 5.26 Å². The third-order valence-electron chi connectivity index (χ3n) is 3.37. The van der Waals surface area contributed by atoms with E-state index >= 15 is 0 Å². The van der Waals surface area contributed by atoms with E-state index in [9.17, 15) is 10.1 Å². The predicted octanol–water partition coefficient (Wildman–Crippen LogP) is 3.70. The van der Waals surface area contributed by atoms with Crippen LogP contribution in [-0.2, 0) is 11.3 Å². The molecule has 0 bridgehead atoms. The third kappa shape index (κ3) is 3.45. The number of amides is 1. The number of hydrogen-bond donors (Lipinski definition) is 1. The van der Waals surface area contributed by atoms with Gasteiger partial charge in [0.1, 0.15) is 22.6 Å². The highest BCUT2D eigenvalue weighted by Gasteiger charge is 2.11. The molecule has 1 aromatic carbocycles. The maximum absolute atomic E-state index is 12.1. The fourth-order valence-electron chi connectivity index (χ4n) is 2.19. The highest BCUT2D eigenvalue weighted by Crippen LogP contribution is 2.22. The second-order valence-electron chi connectivity index (χ2n) is 4.99. The van der Waals surface area contributed by atoms with Crippen molar-refractivity contribution >= 4 is 34.5 Å². The van der Waals surface area contributed by atoms with Crippen LogP contribution >= 0.6 is 11.6 Å². The van der Waals surface area contributed by atoms with Gasteiger partial charge in [0, 0.05) is 10.9 Å². The molecule has 0 aliphatic rings. The average Bonchev–Trinajstić information content (AvgIpc) is 3.11. The molecular formula is C18H12ClN3O2. The van der Waals surface area contributed by atoms with Gasteiger partial charge in [-0.15, -0.1) is 0 Å². The van der Waals surface area contributed by atoms with E-state index in [1.165, 1.54) is 12.3 Å². The molecule has 3 aromatic rings. The molecule has 0 aliphatic heterocycles. The summed E-state index contributed by atoms with van der Waals surface area (Å²) in [7, 11) is 0. The second kappa shape index (κ2) is 6.99. The summed E-state index contributed by atoms with van der Waals surface area (Å²) in [6.07, 6.45) is 2.95. The zero-order valence-electron chi connectivity index (χ0n) is 12.5. The highest BCUT2D eigenvalue weighted by atomic mass is 35.5. The molecule has 0 atom stereocenters. The van der Waals surface area contributed by atoms with Crippen LogP contribution in [0.3, 0.4) is 0 Å². The molecule has 2 heterocycles. The first-order chi connectivity index (χ1) is 11.7. The zero-order valence-corrected chi connectivity index (χ0v) is 13.2. The largest absolute Gasteiger partial charge is 0.467 e. The van der Waals surface area contributed by atoms with E-state index in [1.54, 1.807) is 18.2 Å². The molecule has 5 nitrogen and oxygen atoms in total. The molecule has 6 heteroatoms. The topological polar surface area (TPSA) is 78.9 Å². The van der Waals surface area contributed by atoms with Gasteiger partial charge in [-0.1, -0.05) is 29.8 Å². The summed E-state index contributed by atoms with van der Waals surface area (Å²) >= 11 is 6.16. The molecule has 1 N–H and O–H groups in total. The number of hydrogen-bond acceptors (Lipinski definition) is 4. The number of rotatable bonds is 4. The van der Waals surface area contributed by atoms with Crippen LogP contribution in [0, 0.1) is 11.3 Å². The Hall–Kier alpha value is -3.10. The first-order valence-corrected chi connectivity index (χ1v) is 7.53. The Morgan fingerprint density at radius 3 is 2.92 bits per heavy atom. The second-order valence-corrected chi connectivity index (χ2v) is 5.35. The molecule has 24 heavy (non-hydrogen) atoms. The number of fused-ring (bicyclic) bond motifs is 1. The number of nitrogens with zero attached hydrogens (tertiary/aromatic N) is 2. The minimum absolute atomic E-state index is 0.0551. The number of halogens is 1. The van der Waals surface area contributed by atoms with Gasteiger partial charge in [0.2, 0.25) is 0 Å². The summed E-state index contributed by atoms with van der Waals surface area (Å²) in [5.41, 5.74) is 1.21. The lowest BCUT2D eigenvalue weighted by Gasteiger charge is -2.04. The number of carbonyl (C=O) groups is 1. The highest BCUT2D eigenvalue weighted by molar-refractivity contribution is 6.31. The summed E-state index contributed by atoms with van der Waals surface area (Å²) < 4.78 is 5.13. The Morgan fingerprint density at radius 2 is 2.17 bits per heavy atom. The summed E-state index contributed by atoms with van der Waals surface area (Å²) in [5, 5.41) is 13.0. The van der Waals surface area contributed by atoms with Gasteiger partial charge >= 0.3 is 0 Å². The maximum atomic E-state index is 12.1. The van der Waals surface area contributed by atoms with Crippen LogP contribution in [0.2, 0.25) is 5.15 Å². The number of carbonyl (C=O) groups excluding carboxylic acids is 1. The van der Waals surface area contributed by atoms with Crippen molar-refractivity contribution in [1.82, 2.24) is 10.3 Å². The van der Waals surface area contributed by atoms with E-state index in [2.05, 4.69) is 10.3 Å². The first kappa shape index (κ1) is 15.8. The van der Waals surface area contributed by atoms with Gasteiger partial charge in [-0.2, -0.15) is 5.26 Å². The fraction of sp³-hybridized carbons (Fsp3) is 0.0556. The molecular weight excluding hydrogens is 326 g/mol. The maximum Gasteiger partial charge on any atom is 0.262 e. The van der Waals surface area contributed by atoms with Gasteiger partial charge in [0.05, 0.1) is 18.3 Å². The zero-order chi connectivity index (χ0) is 16.9. The van der Waals surface area contributed by atoms with E-state index < -0.39 is 5.91 Å². The van der Waals surface area contributed by atoms with Gasteiger partial charge in [-0.05, 0) is 30.3 Å². The Labute approximate surface area is 143 Å². The minimum Gasteiger partial charge on any atom is -0.467 e. The van der Waals surface area contributed by atoms with E-state index in [4.69, 9.17) is 16.0 Å². The van der Waals surface area contributed by atoms with E-state index in [1.807, 2.05) is 30.3 Å². The number of furan rings is 1. The van der Waals surface area contributed by atoms with Crippen molar-refractivity contribution in [3.63, 3.8) is 0 Å². The Kier molecular flexibility index (Phi) is 4.59. The molecule has 0 saturated carbocycles. The molecule has 0 radical (unpaired) electrons. The minimum atomic E-state index is -0.502. The third-order valence-corrected chi connectivity index (χ3v) is 3.68. The van der Waals surface area contributed by atoms with Crippen molar-refractivity contribution in [3.05, 3.63) is 70.8 Å². The molecule has 0 unspecified atom stereocenters. The summed E-state index contributed by atoms with van der Waals surface area (Å²) in [4.78, 5) is 16.4. The van der Waals surface area contributed by atoms with Crippen LogP contribution in [0.1, 0.15) is 11.3 Å². The van der Waals surface area contributed by atoms with Crippen molar-refractivity contribution in [2.24, 2.45) is 0 Å². The number of nitriles is 1. The van der Waals surface area contributed by atoms with Crippen molar-refractivity contribution < 1.29 is 9.21 Å². The number of benzene rings is 1. The van der Waals surface area contributed by atoms with Gasteiger partial charge in [0.25, 0.3) is 5.91 Å². The predicted molar refractivity (Wildman–Crippen MR) is 90.9 cm³/mol. The molecule has 0 aliphatic carbocycles. The van der Waals surface area contributed by atoms with Crippen molar-refractivity contribution in [2.75, 3.05) is 0 Å². The van der Waals surface area contributed by atoms with Crippen LogP contribution in [0.15, 0.2) is 58.7 Å². The van der Waals surface area contributed by atoms with Crippen LogP contribution < -0.4 is 5.32 Å². The Bertz CT molecular complexity index is 956. The molecule has 0 saturated heterocycles. The molecule has 2 aromatic heterocycles. The number of pyridine rings is 1. The normalized spacial score (nSPS) is 11.2. The molecule has 118 valence electrons. The molecule has 3 rings (SSSR count). The Morgan fingerprint density at radius 1 is 1.33 bits per heavy atom. The van der Waals surface area contributed by atoms with Gasteiger partial charge in [-0.25, -0.2) is 4.98 Å². The summed E-state index contributed by atoms with van der Waals surface area (Å²) in [5.74, 6) is 0.101. The fourth-order valence-corrected chi connectivity index (χ4v) is 2.39. The summed E-state index contributed by atoms with van der Waals surface area (Å²) in [6.45, 7) is 0.203. The number of para-hydroxylation sites is 1. The summed E-state index contributed by atoms with van der Waals surface area (Å²) in [6, 6.07) is 14.6. The number of nitrogens with one attached hydrogen (secondary N) is 1. The lowest BCUT2D eigenvalue weighted by atomic mass is 10.1. The van der Waals surface area contributed by atoms with Crippen LogP contribution in [0.25, 0.3) is 17.0 Å². The Balaban J connectivity index is 1.85. The van der Waals surface area contributed by atoms with Gasteiger partial charge in [-0.3, -0.25) is 4.79 Å². The van der Waals surface area contributed by atoms with E-state index in [-0.39, 0.29) is 17.3 Å². The standard InChI is InChI=1S/C18H12ClN3O2/c19-17-13(8-12-4-1-2-6-16(12)22-17)9-14(10-20)18(23)21-11-15-5-3-7-24-15/h1-9H,11H2,(H,21,23). The van der Waals surface area contributed by atoms with Crippen molar-refractivity contribution in [2.45, 2.75) is 6.54 Å².